The normalized spacial score (nSPS) is 27.7. The first-order valence-electron chi connectivity index (χ1n) is 6.75. The van der Waals surface area contributed by atoms with Crippen LogP contribution in [0, 0.1) is 22.0 Å². The first-order valence-corrected chi connectivity index (χ1v) is 7.13. The molecule has 112 valence electrons. The maximum Gasteiger partial charge on any atom is 0.319 e. The minimum atomic E-state index is -0.686. The van der Waals surface area contributed by atoms with E-state index in [2.05, 4.69) is 4.98 Å². The number of hydrogen-bond donors (Lipinski definition) is 1. The number of pyridine rings is 1. The number of amides is 1. The summed E-state index contributed by atoms with van der Waals surface area (Å²) >= 11 is 5.73. The van der Waals surface area contributed by atoms with Crippen molar-refractivity contribution < 1.29 is 14.8 Å². The van der Waals surface area contributed by atoms with Crippen LogP contribution in [0.5, 0.6) is 0 Å². The molecular weight excluding hydrogens is 298 g/mol. The van der Waals surface area contributed by atoms with Gasteiger partial charge < -0.3 is 10.0 Å². The molecular formula is C13H14ClN3O4. The van der Waals surface area contributed by atoms with Gasteiger partial charge in [0.15, 0.2) is 0 Å². The Bertz CT molecular complexity index is 609. The Morgan fingerprint density at radius 2 is 2.24 bits per heavy atom. The summed E-state index contributed by atoms with van der Waals surface area (Å²) in [5, 5.41) is 20.7. The number of hydrogen-bond acceptors (Lipinski definition) is 5. The van der Waals surface area contributed by atoms with Gasteiger partial charge in [-0.1, -0.05) is 11.6 Å². The van der Waals surface area contributed by atoms with Gasteiger partial charge in [-0.05, 0) is 24.8 Å². The van der Waals surface area contributed by atoms with Crippen LogP contribution in [0.2, 0.25) is 5.15 Å². The molecule has 1 amide bonds. The third-order valence-corrected chi connectivity index (χ3v) is 4.68. The van der Waals surface area contributed by atoms with E-state index in [9.17, 15) is 20.0 Å². The monoisotopic (exact) mass is 311 g/mol. The van der Waals surface area contributed by atoms with E-state index in [0.717, 1.165) is 12.8 Å². The summed E-state index contributed by atoms with van der Waals surface area (Å²) in [5.41, 5.74) is -0.503. The smallest absolute Gasteiger partial charge is 0.319 e. The van der Waals surface area contributed by atoms with E-state index in [-0.39, 0.29) is 28.7 Å². The third-order valence-electron chi connectivity index (χ3n) is 4.40. The van der Waals surface area contributed by atoms with E-state index in [0.29, 0.717) is 13.1 Å². The second-order valence-electron chi connectivity index (χ2n) is 5.53. The number of rotatable bonds is 2. The Morgan fingerprint density at radius 1 is 1.48 bits per heavy atom. The Kier molecular flexibility index (Phi) is 3.54. The van der Waals surface area contributed by atoms with Crippen LogP contribution >= 0.6 is 11.6 Å². The van der Waals surface area contributed by atoms with Gasteiger partial charge in [-0.3, -0.25) is 14.9 Å². The van der Waals surface area contributed by atoms with Crippen LogP contribution in [-0.2, 0) is 0 Å². The largest absolute Gasteiger partial charge is 0.393 e. The van der Waals surface area contributed by atoms with E-state index < -0.39 is 16.5 Å². The molecule has 0 radical (unpaired) electrons. The number of halogens is 1. The fourth-order valence-corrected chi connectivity index (χ4v) is 3.57. The molecule has 2 fully saturated rings. The second-order valence-corrected chi connectivity index (χ2v) is 5.89. The Balaban J connectivity index is 1.87. The van der Waals surface area contributed by atoms with Crippen LogP contribution in [0.4, 0.5) is 5.69 Å². The van der Waals surface area contributed by atoms with Crippen molar-refractivity contribution in [1.82, 2.24) is 9.88 Å². The van der Waals surface area contributed by atoms with Gasteiger partial charge in [-0.25, -0.2) is 4.98 Å². The van der Waals surface area contributed by atoms with Crippen LogP contribution in [0.3, 0.4) is 0 Å². The predicted molar refractivity (Wildman–Crippen MR) is 74.0 cm³/mol. The van der Waals surface area contributed by atoms with Crippen molar-refractivity contribution in [2.75, 3.05) is 13.1 Å². The summed E-state index contributed by atoms with van der Waals surface area (Å²) in [5.74, 6) is -0.0711. The molecule has 3 unspecified atom stereocenters. The maximum atomic E-state index is 12.5. The van der Waals surface area contributed by atoms with E-state index in [1.807, 2.05) is 0 Å². The molecule has 3 atom stereocenters. The molecule has 1 aromatic heterocycles. The number of aliphatic hydroxyl groups excluding tert-OH is 1. The summed E-state index contributed by atoms with van der Waals surface area (Å²) < 4.78 is 0. The lowest BCUT2D eigenvalue weighted by Gasteiger charge is -2.18. The molecule has 0 aromatic carbocycles. The van der Waals surface area contributed by atoms with Gasteiger partial charge in [0.05, 0.1) is 11.0 Å². The molecule has 2 aliphatic rings. The number of likely N-dealkylation sites (tertiary alicyclic amines) is 1. The molecule has 21 heavy (non-hydrogen) atoms. The van der Waals surface area contributed by atoms with Crippen LogP contribution in [0.15, 0.2) is 12.3 Å². The molecule has 0 spiro atoms. The van der Waals surface area contributed by atoms with Gasteiger partial charge in [0.25, 0.3) is 5.91 Å². The van der Waals surface area contributed by atoms with Gasteiger partial charge >= 0.3 is 5.69 Å². The van der Waals surface area contributed by atoms with Gasteiger partial charge in [0, 0.05) is 25.2 Å². The lowest BCUT2D eigenvalue weighted by Crippen LogP contribution is -2.31. The van der Waals surface area contributed by atoms with Crippen molar-refractivity contribution in [3.8, 4) is 0 Å². The lowest BCUT2D eigenvalue weighted by molar-refractivity contribution is -0.385. The average Bonchev–Trinajstić information content (AvgIpc) is 3.00. The zero-order valence-corrected chi connectivity index (χ0v) is 11.9. The average molecular weight is 312 g/mol. The fraction of sp³-hybridized carbons (Fsp3) is 0.538. The summed E-state index contributed by atoms with van der Waals surface area (Å²) in [4.78, 5) is 28.1. The van der Waals surface area contributed by atoms with Gasteiger partial charge in [0.1, 0.15) is 5.56 Å². The first kappa shape index (κ1) is 14.2. The zero-order chi connectivity index (χ0) is 15.1. The highest BCUT2D eigenvalue weighted by atomic mass is 35.5. The number of nitrogens with zero attached hydrogens (tertiary/aromatic N) is 3. The minimum Gasteiger partial charge on any atom is -0.393 e. The predicted octanol–water partition coefficient (Wildman–Crippen LogP) is 1.49. The van der Waals surface area contributed by atoms with Crippen molar-refractivity contribution in [2.45, 2.75) is 18.9 Å². The van der Waals surface area contributed by atoms with Crippen molar-refractivity contribution in [1.29, 1.82) is 0 Å². The van der Waals surface area contributed by atoms with Crippen LogP contribution in [-0.4, -0.2) is 45.0 Å². The zero-order valence-electron chi connectivity index (χ0n) is 11.1. The molecule has 8 heteroatoms. The van der Waals surface area contributed by atoms with E-state index in [4.69, 9.17) is 11.6 Å². The molecule has 1 saturated heterocycles. The molecule has 1 N–H and O–H groups in total. The highest BCUT2D eigenvalue weighted by molar-refractivity contribution is 6.32. The molecule has 3 rings (SSSR count). The highest BCUT2D eigenvalue weighted by Crippen LogP contribution is 2.39. The molecule has 1 aliphatic carbocycles. The van der Waals surface area contributed by atoms with E-state index in [1.54, 1.807) is 4.90 Å². The first-order chi connectivity index (χ1) is 9.99. The fourth-order valence-electron chi connectivity index (χ4n) is 3.35. The number of aromatic nitrogens is 1. The Morgan fingerprint density at radius 3 is 2.90 bits per heavy atom. The van der Waals surface area contributed by atoms with Gasteiger partial charge in [0.2, 0.25) is 5.15 Å². The van der Waals surface area contributed by atoms with Gasteiger partial charge in [-0.15, -0.1) is 0 Å². The molecule has 7 nitrogen and oxygen atoms in total. The quantitative estimate of drug-likeness (QED) is 0.507. The SMILES string of the molecule is O=C(c1ccnc(Cl)c1[N+](=O)[O-])N1CC2CCC(O)C2C1. The summed E-state index contributed by atoms with van der Waals surface area (Å²) in [7, 11) is 0. The van der Waals surface area contributed by atoms with Crippen molar-refractivity contribution in [3.63, 3.8) is 0 Å². The number of nitro groups is 1. The summed E-state index contributed by atoms with van der Waals surface area (Å²) in [6.45, 7) is 0.958. The van der Waals surface area contributed by atoms with Crippen LogP contribution in [0.1, 0.15) is 23.2 Å². The topological polar surface area (TPSA) is 96.6 Å². The summed E-state index contributed by atoms with van der Waals surface area (Å²) in [6.07, 6.45) is 2.55. The molecule has 2 heterocycles. The highest BCUT2D eigenvalue weighted by Gasteiger charge is 2.44. The summed E-state index contributed by atoms with van der Waals surface area (Å²) in [6, 6.07) is 1.32. The number of carbonyl (C=O) groups is 1. The minimum absolute atomic E-state index is 0.0468. The molecule has 1 aliphatic heterocycles. The second kappa shape index (κ2) is 5.23. The lowest BCUT2D eigenvalue weighted by atomic mass is 10.00. The van der Waals surface area contributed by atoms with E-state index >= 15 is 0 Å². The van der Waals surface area contributed by atoms with Gasteiger partial charge in [-0.2, -0.15) is 0 Å². The van der Waals surface area contributed by atoms with Crippen molar-refractivity contribution in [2.24, 2.45) is 11.8 Å². The van der Waals surface area contributed by atoms with Crippen molar-refractivity contribution >= 4 is 23.2 Å². The number of carbonyl (C=O) groups excluding carboxylic acids is 1. The molecule has 1 saturated carbocycles. The van der Waals surface area contributed by atoms with E-state index in [1.165, 1.54) is 12.3 Å². The number of aliphatic hydroxyl groups is 1. The standard InChI is InChI=1S/C13H14ClN3O4/c14-12-11(17(20)21)8(3-4-15-12)13(19)16-5-7-1-2-10(18)9(7)6-16/h3-4,7,9-10,18H,1-2,5-6H2. The number of fused-ring (bicyclic) bond motifs is 1. The molecule has 0 bridgehead atoms. The Labute approximate surface area is 125 Å². The molecule has 1 aromatic rings. The maximum absolute atomic E-state index is 12.5. The van der Waals surface area contributed by atoms with Crippen LogP contribution < -0.4 is 0 Å². The van der Waals surface area contributed by atoms with Crippen LogP contribution in [0.25, 0.3) is 0 Å². The third kappa shape index (κ3) is 2.36. The Hall–Kier alpha value is -1.73. The van der Waals surface area contributed by atoms with Crippen molar-refractivity contribution in [3.05, 3.63) is 33.1 Å².